The standard InChI is InChI=1S/C14H8FNO2S2/c15-9-5-3-4-8(13(17)18)12(9)20-14-16-10-6-1-2-7-11(10)19-14/h1-7H,(H,17,18). The molecule has 0 aliphatic heterocycles. The van der Waals surface area contributed by atoms with Crippen LogP contribution < -0.4 is 0 Å². The molecule has 1 N–H and O–H groups in total. The van der Waals surface area contributed by atoms with Crippen LogP contribution in [0.4, 0.5) is 4.39 Å². The molecule has 1 aromatic heterocycles. The van der Waals surface area contributed by atoms with Gasteiger partial charge >= 0.3 is 5.97 Å². The van der Waals surface area contributed by atoms with Crippen molar-refractivity contribution < 1.29 is 14.3 Å². The molecule has 1 heterocycles. The lowest BCUT2D eigenvalue weighted by Gasteiger charge is -2.04. The minimum Gasteiger partial charge on any atom is -0.478 e. The molecule has 0 radical (unpaired) electrons. The van der Waals surface area contributed by atoms with Crippen molar-refractivity contribution in [3.05, 3.63) is 53.8 Å². The topological polar surface area (TPSA) is 50.2 Å². The molecule has 3 nitrogen and oxygen atoms in total. The number of rotatable bonds is 3. The van der Waals surface area contributed by atoms with E-state index in [1.165, 1.54) is 29.5 Å². The summed E-state index contributed by atoms with van der Waals surface area (Å²) in [6, 6.07) is 11.6. The van der Waals surface area contributed by atoms with E-state index < -0.39 is 11.8 Å². The number of para-hydroxylation sites is 1. The number of carboxylic acid groups (broad SMARTS) is 1. The van der Waals surface area contributed by atoms with Gasteiger partial charge in [-0.15, -0.1) is 11.3 Å². The van der Waals surface area contributed by atoms with E-state index in [-0.39, 0.29) is 10.5 Å². The average Bonchev–Trinajstić information content (AvgIpc) is 2.83. The number of carbonyl (C=O) groups is 1. The van der Waals surface area contributed by atoms with Crippen molar-refractivity contribution in [1.29, 1.82) is 0 Å². The Morgan fingerprint density at radius 1 is 1.20 bits per heavy atom. The van der Waals surface area contributed by atoms with Gasteiger partial charge in [0.15, 0.2) is 4.34 Å². The van der Waals surface area contributed by atoms with E-state index in [0.717, 1.165) is 22.0 Å². The molecule has 3 rings (SSSR count). The first kappa shape index (κ1) is 13.1. The Hall–Kier alpha value is -1.92. The average molecular weight is 305 g/mol. The molecule has 0 spiro atoms. The van der Waals surface area contributed by atoms with Gasteiger partial charge in [-0.05, 0) is 24.3 Å². The van der Waals surface area contributed by atoms with Crippen molar-refractivity contribution in [2.24, 2.45) is 0 Å². The van der Waals surface area contributed by atoms with Gasteiger partial charge in [-0.3, -0.25) is 0 Å². The predicted octanol–water partition coefficient (Wildman–Crippen LogP) is 4.28. The molecule has 2 aromatic carbocycles. The molecular formula is C14H8FNO2S2. The molecule has 0 amide bonds. The quantitative estimate of drug-likeness (QED) is 0.784. The molecule has 0 aliphatic rings. The van der Waals surface area contributed by atoms with E-state index in [9.17, 15) is 9.18 Å². The van der Waals surface area contributed by atoms with Crippen LogP contribution in [0.25, 0.3) is 10.2 Å². The Balaban J connectivity index is 2.04. The van der Waals surface area contributed by atoms with Crippen LogP contribution in [-0.4, -0.2) is 16.1 Å². The van der Waals surface area contributed by atoms with Gasteiger partial charge in [0.05, 0.1) is 20.7 Å². The second kappa shape index (κ2) is 5.22. The highest BCUT2D eigenvalue weighted by Gasteiger charge is 2.17. The second-order valence-corrected chi connectivity index (χ2v) is 6.26. The van der Waals surface area contributed by atoms with Crippen molar-refractivity contribution in [3.63, 3.8) is 0 Å². The minimum atomic E-state index is -1.15. The van der Waals surface area contributed by atoms with Crippen molar-refractivity contribution in [2.45, 2.75) is 9.24 Å². The number of hydrogen-bond donors (Lipinski definition) is 1. The molecule has 3 aromatic rings. The summed E-state index contributed by atoms with van der Waals surface area (Å²) >= 11 is 2.46. The zero-order chi connectivity index (χ0) is 14.1. The molecule has 0 saturated carbocycles. The summed E-state index contributed by atoms with van der Waals surface area (Å²) in [5, 5.41) is 9.11. The predicted molar refractivity (Wildman–Crippen MR) is 77.1 cm³/mol. The van der Waals surface area contributed by atoms with Crippen molar-refractivity contribution in [2.75, 3.05) is 0 Å². The molecular weight excluding hydrogens is 297 g/mol. The van der Waals surface area contributed by atoms with Crippen LogP contribution in [0.5, 0.6) is 0 Å². The first-order chi connectivity index (χ1) is 9.65. The van der Waals surface area contributed by atoms with Gasteiger partial charge in [0.2, 0.25) is 0 Å². The van der Waals surface area contributed by atoms with Crippen LogP contribution in [0.15, 0.2) is 51.7 Å². The summed E-state index contributed by atoms with van der Waals surface area (Å²) in [5.41, 5.74) is 0.780. The van der Waals surface area contributed by atoms with Gasteiger partial charge < -0.3 is 5.11 Å². The van der Waals surface area contributed by atoms with Crippen molar-refractivity contribution in [1.82, 2.24) is 4.98 Å². The molecule has 0 unspecified atom stereocenters. The van der Waals surface area contributed by atoms with E-state index in [4.69, 9.17) is 5.11 Å². The van der Waals surface area contributed by atoms with Crippen LogP contribution in [0.1, 0.15) is 10.4 Å². The maximum Gasteiger partial charge on any atom is 0.336 e. The summed E-state index contributed by atoms with van der Waals surface area (Å²) in [6.07, 6.45) is 0. The maximum absolute atomic E-state index is 13.8. The largest absolute Gasteiger partial charge is 0.478 e. The number of thiazole rings is 1. The number of hydrogen-bond acceptors (Lipinski definition) is 4. The third kappa shape index (κ3) is 2.39. The van der Waals surface area contributed by atoms with Gasteiger partial charge in [0.25, 0.3) is 0 Å². The number of aromatic nitrogens is 1. The van der Waals surface area contributed by atoms with Gasteiger partial charge in [-0.1, -0.05) is 30.0 Å². The highest BCUT2D eigenvalue weighted by molar-refractivity contribution is 8.01. The zero-order valence-corrected chi connectivity index (χ0v) is 11.7. The zero-order valence-electron chi connectivity index (χ0n) is 10.0. The molecule has 0 atom stereocenters. The molecule has 0 aliphatic carbocycles. The third-order valence-corrected chi connectivity index (χ3v) is 4.88. The van der Waals surface area contributed by atoms with Gasteiger partial charge in [-0.2, -0.15) is 0 Å². The molecule has 20 heavy (non-hydrogen) atoms. The fourth-order valence-corrected chi connectivity index (χ4v) is 3.90. The lowest BCUT2D eigenvalue weighted by Crippen LogP contribution is -2.00. The van der Waals surface area contributed by atoms with Gasteiger partial charge in [0.1, 0.15) is 5.82 Å². The van der Waals surface area contributed by atoms with Crippen molar-refractivity contribution in [3.8, 4) is 0 Å². The molecule has 0 bridgehead atoms. The Kier molecular flexibility index (Phi) is 3.42. The summed E-state index contributed by atoms with van der Waals surface area (Å²) in [7, 11) is 0. The first-order valence-electron chi connectivity index (χ1n) is 5.70. The Morgan fingerprint density at radius 3 is 2.75 bits per heavy atom. The number of halogens is 1. The smallest absolute Gasteiger partial charge is 0.336 e. The minimum absolute atomic E-state index is 0.0470. The number of fused-ring (bicyclic) bond motifs is 1. The highest BCUT2D eigenvalue weighted by Crippen LogP contribution is 2.37. The summed E-state index contributed by atoms with van der Waals surface area (Å²) in [5.74, 6) is -1.69. The van der Waals surface area contributed by atoms with E-state index in [1.54, 1.807) is 0 Å². The summed E-state index contributed by atoms with van der Waals surface area (Å²) in [6.45, 7) is 0. The fourth-order valence-electron chi connectivity index (χ4n) is 1.76. The van der Waals surface area contributed by atoms with E-state index >= 15 is 0 Å². The lowest BCUT2D eigenvalue weighted by molar-refractivity contribution is 0.0692. The monoisotopic (exact) mass is 305 g/mol. The molecule has 0 fully saturated rings. The SMILES string of the molecule is O=C(O)c1cccc(F)c1Sc1nc2ccccc2s1. The molecule has 0 saturated heterocycles. The van der Waals surface area contributed by atoms with Gasteiger partial charge in [-0.25, -0.2) is 14.2 Å². The Morgan fingerprint density at radius 2 is 2.00 bits per heavy atom. The number of carboxylic acids is 1. The van der Waals surface area contributed by atoms with Crippen molar-refractivity contribution >= 4 is 39.3 Å². The summed E-state index contributed by atoms with van der Waals surface area (Å²) in [4.78, 5) is 15.6. The van der Waals surface area contributed by atoms with Gasteiger partial charge in [0, 0.05) is 0 Å². The van der Waals surface area contributed by atoms with E-state index in [1.807, 2.05) is 24.3 Å². The van der Waals surface area contributed by atoms with E-state index in [0.29, 0.717) is 4.34 Å². The van der Waals surface area contributed by atoms with Crippen LogP contribution in [0, 0.1) is 5.82 Å². The molecule has 100 valence electrons. The Bertz CT molecular complexity index is 768. The molecule has 6 heteroatoms. The van der Waals surface area contributed by atoms with E-state index in [2.05, 4.69) is 4.98 Å². The number of benzene rings is 2. The van der Waals surface area contributed by atoms with Crippen LogP contribution in [-0.2, 0) is 0 Å². The van der Waals surface area contributed by atoms with Crippen LogP contribution in [0.3, 0.4) is 0 Å². The lowest BCUT2D eigenvalue weighted by atomic mass is 10.2. The maximum atomic E-state index is 13.8. The highest BCUT2D eigenvalue weighted by atomic mass is 32.2. The first-order valence-corrected chi connectivity index (χ1v) is 7.33. The summed E-state index contributed by atoms with van der Waals surface area (Å²) < 4.78 is 15.5. The third-order valence-electron chi connectivity index (χ3n) is 2.66. The van der Waals surface area contributed by atoms with Crippen LogP contribution in [0.2, 0.25) is 0 Å². The fraction of sp³-hybridized carbons (Fsp3) is 0. The second-order valence-electron chi connectivity index (χ2n) is 3.97. The Labute approximate surface area is 122 Å². The van der Waals surface area contributed by atoms with Crippen LogP contribution >= 0.6 is 23.1 Å². The number of nitrogens with zero attached hydrogens (tertiary/aromatic N) is 1. The normalized spacial score (nSPS) is 10.8. The number of aromatic carboxylic acids is 1.